The van der Waals surface area contributed by atoms with Crippen molar-refractivity contribution in [1.82, 2.24) is 19.1 Å². The van der Waals surface area contributed by atoms with Gasteiger partial charge in [-0.15, -0.1) is 0 Å². The Morgan fingerprint density at radius 1 is 1.15 bits per heavy atom. The lowest BCUT2D eigenvalue weighted by Crippen LogP contribution is -2.46. The molecular formula is C19H23N5O3. The van der Waals surface area contributed by atoms with Gasteiger partial charge in [0.05, 0.1) is 35.5 Å². The Balaban J connectivity index is 1.72. The molecule has 142 valence electrons. The van der Waals surface area contributed by atoms with Crippen LogP contribution in [-0.4, -0.2) is 44.4 Å². The van der Waals surface area contributed by atoms with E-state index in [0.29, 0.717) is 24.7 Å². The molecule has 2 atom stereocenters. The van der Waals surface area contributed by atoms with Crippen LogP contribution in [0.5, 0.6) is 0 Å². The first-order valence-electron chi connectivity index (χ1n) is 9.07. The van der Waals surface area contributed by atoms with E-state index in [1.807, 2.05) is 43.0 Å². The summed E-state index contributed by atoms with van der Waals surface area (Å²) in [5.41, 5.74) is 1.87. The van der Waals surface area contributed by atoms with Crippen molar-refractivity contribution in [3.8, 4) is 0 Å². The average Bonchev–Trinajstić information content (AvgIpc) is 2.86. The monoisotopic (exact) mass is 369 g/mol. The molecule has 0 spiro atoms. The van der Waals surface area contributed by atoms with Crippen molar-refractivity contribution in [2.24, 2.45) is 7.05 Å². The highest BCUT2D eigenvalue weighted by molar-refractivity contribution is 5.75. The molecule has 2 aromatic heterocycles. The summed E-state index contributed by atoms with van der Waals surface area (Å²) in [5.74, 6) is 0.521. The number of H-pyrrole nitrogens is 1. The molecule has 1 fully saturated rings. The Bertz CT molecular complexity index is 1090. The van der Waals surface area contributed by atoms with Crippen molar-refractivity contribution >= 4 is 17.0 Å². The third kappa shape index (κ3) is 3.28. The van der Waals surface area contributed by atoms with Crippen molar-refractivity contribution in [3.63, 3.8) is 0 Å². The Labute approximate surface area is 156 Å². The number of anilines is 1. The lowest BCUT2D eigenvalue weighted by molar-refractivity contribution is -0.00574. The predicted octanol–water partition coefficient (Wildman–Crippen LogP) is 1.09. The van der Waals surface area contributed by atoms with Gasteiger partial charge in [0.25, 0.3) is 5.56 Å². The van der Waals surface area contributed by atoms with Gasteiger partial charge in [-0.1, -0.05) is 12.1 Å². The summed E-state index contributed by atoms with van der Waals surface area (Å²) in [7, 11) is 1.74. The Morgan fingerprint density at radius 2 is 1.81 bits per heavy atom. The molecule has 8 nitrogen and oxygen atoms in total. The molecular weight excluding hydrogens is 346 g/mol. The molecule has 0 aliphatic carbocycles. The molecule has 4 rings (SSSR count). The molecule has 27 heavy (non-hydrogen) atoms. The van der Waals surface area contributed by atoms with E-state index >= 15 is 0 Å². The Morgan fingerprint density at radius 3 is 2.52 bits per heavy atom. The molecule has 0 amide bonds. The van der Waals surface area contributed by atoms with E-state index in [4.69, 9.17) is 4.74 Å². The molecule has 0 bridgehead atoms. The molecule has 8 heteroatoms. The SMILES string of the molecule is C[C@@H]1CN(c2nc(Cn3c(=O)n(C)c4ccccc43)cc(=O)[nH]2)C[C@H](C)O1. The van der Waals surface area contributed by atoms with Gasteiger partial charge >= 0.3 is 5.69 Å². The maximum atomic E-state index is 12.6. The van der Waals surface area contributed by atoms with E-state index in [0.717, 1.165) is 11.0 Å². The van der Waals surface area contributed by atoms with E-state index in [1.165, 1.54) is 6.07 Å². The number of imidazole rings is 1. The Kier molecular flexibility index (Phi) is 4.35. The molecule has 3 aromatic rings. The van der Waals surface area contributed by atoms with Gasteiger partial charge in [0.2, 0.25) is 5.95 Å². The molecule has 1 aromatic carbocycles. The zero-order valence-corrected chi connectivity index (χ0v) is 15.7. The lowest BCUT2D eigenvalue weighted by Gasteiger charge is -2.35. The fourth-order valence-corrected chi connectivity index (χ4v) is 3.75. The van der Waals surface area contributed by atoms with Gasteiger partial charge in [-0.25, -0.2) is 9.78 Å². The number of hydrogen-bond acceptors (Lipinski definition) is 5. The standard InChI is InChI=1S/C19H23N5O3/c1-12-9-23(10-13(2)27-12)18-20-14(8-17(25)21-18)11-24-16-7-5-4-6-15(16)22(3)19(24)26/h4-8,12-13H,9-11H2,1-3H3,(H,20,21,25)/t12-,13+. The van der Waals surface area contributed by atoms with Crippen LogP contribution in [0.1, 0.15) is 19.5 Å². The summed E-state index contributed by atoms with van der Waals surface area (Å²) in [6, 6.07) is 9.05. The number of aromatic amines is 1. The number of fused-ring (bicyclic) bond motifs is 1. The van der Waals surface area contributed by atoms with Crippen LogP contribution in [0.3, 0.4) is 0 Å². The Hall–Kier alpha value is -2.87. The minimum Gasteiger partial charge on any atom is -0.372 e. The number of aryl methyl sites for hydroxylation is 1. The second kappa shape index (κ2) is 6.70. The van der Waals surface area contributed by atoms with Crippen LogP contribution in [0.15, 0.2) is 39.9 Å². The van der Waals surface area contributed by atoms with Gasteiger partial charge in [-0.2, -0.15) is 0 Å². The lowest BCUT2D eigenvalue weighted by atomic mass is 10.2. The van der Waals surface area contributed by atoms with Crippen LogP contribution in [0.25, 0.3) is 11.0 Å². The van der Waals surface area contributed by atoms with Crippen LogP contribution in [0.2, 0.25) is 0 Å². The van der Waals surface area contributed by atoms with E-state index in [2.05, 4.69) is 9.97 Å². The number of morpholine rings is 1. The molecule has 1 saturated heterocycles. The molecule has 0 unspecified atom stereocenters. The summed E-state index contributed by atoms with van der Waals surface area (Å²) >= 11 is 0. The number of benzene rings is 1. The zero-order chi connectivity index (χ0) is 19.1. The highest BCUT2D eigenvalue weighted by Gasteiger charge is 2.24. The topological polar surface area (TPSA) is 85.2 Å². The first-order chi connectivity index (χ1) is 12.9. The molecule has 0 saturated carbocycles. The molecule has 1 aliphatic rings. The molecule has 1 N–H and O–H groups in total. The first-order valence-corrected chi connectivity index (χ1v) is 9.07. The van der Waals surface area contributed by atoms with E-state index in [-0.39, 0.29) is 30.0 Å². The van der Waals surface area contributed by atoms with Crippen molar-refractivity contribution < 1.29 is 4.74 Å². The summed E-state index contributed by atoms with van der Waals surface area (Å²) < 4.78 is 9.00. The van der Waals surface area contributed by atoms with Crippen molar-refractivity contribution in [2.75, 3.05) is 18.0 Å². The van der Waals surface area contributed by atoms with Crippen LogP contribution in [0.4, 0.5) is 5.95 Å². The number of hydrogen-bond donors (Lipinski definition) is 1. The van der Waals surface area contributed by atoms with Gasteiger partial charge in [-0.3, -0.25) is 18.9 Å². The minimum atomic E-state index is -0.227. The molecule has 1 aliphatic heterocycles. The fraction of sp³-hybridized carbons (Fsp3) is 0.421. The highest BCUT2D eigenvalue weighted by Crippen LogP contribution is 2.17. The van der Waals surface area contributed by atoms with Gasteiger partial charge in [0.15, 0.2) is 0 Å². The average molecular weight is 369 g/mol. The third-order valence-corrected chi connectivity index (χ3v) is 4.87. The summed E-state index contributed by atoms with van der Waals surface area (Å²) in [4.78, 5) is 34.3. The van der Waals surface area contributed by atoms with Gasteiger partial charge in [0, 0.05) is 26.2 Å². The van der Waals surface area contributed by atoms with Crippen molar-refractivity contribution in [2.45, 2.75) is 32.6 Å². The number of ether oxygens (including phenoxy) is 1. The van der Waals surface area contributed by atoms with Gasteiger partial charge in [0.1, 0.15) is 0 Å². The predicted molar refractivity (Wildman–Crippen MR) is 103 cm³/mol. The van der Waals surface area contributed by atoms with Crippen LogP contribution < -0.4 is 16.1 Å². The second-order valence-corrected chi connectivity index (χ2v) is 7.14. The van der Waals surface area contributed by atoms with E-state index in [9.17, 15) is 9.59 Å². The van der Waals surface area contributed by atoms with Crippen molar-refractivity contribution in [1.29, 1.82) is 0 Å². The van der Waals surface area contributed by atoms with Crippen LogP contribution in [0, 0.1) is 0 Å². The first kappa shape index (κ1) is 17.5. The van der Waals surface area contributed by atoms with Crippen LogP contribution >= 0.6 is 0 Å². The normalized spacial score (nSPS) is 20.3. The van der Waals surface area contributed by atoms with E-state index < -0.39 is 0 Å². The number of aromatic nitrogens is 4. The zero-order valence-electron chi connectivity index (χ0n) is 15.7. The largest absolute Gasteiger partial charge is 0.372 e. The fourth-order valence-electron chi connectivity index (χ4n) is 3.75. The quantitative estimate of drug-likeness (QED) is 0.747. The smallest absolute Gasteiger partial charge is 0.329 e. The van der Waals surface area contributed by atoms with Crippen LogP contribution in [-0.2, 0) is 18.3 Å². The highest BCUT2D eigenvalue weighted by atomic mass is 16.5. The molecule has 0 radical (unpaired) electrons. The number of nitrogens with zero attached hydrogens (tertiary/aromatic N) is 4. The van der Waals surface area contributed by atoms with Gasteiger partial charge in [-0.05, 0) is 26.0 Å². The van der Waals surface area contributed by atoms with Crippen molar-refractivity contribution in [3.05, 3.63) is 56.9 Å². The summed E-state index contributed by atoms with van der Waals surface area (Å²) in [5, 5.41) is 0. The third-order valence-electron chi connectivity index (χ3n) is 4.87. The van der Waals surface area contributed by atoms with E-state index in [1.54, 1.807) is 16.2 Å². The molecule has 3 heterocycles. The summed E-state index contributed by atoms with van der Waals surface area (Å²) in [6.07, 6.45) is 0.117. The second-order valence-electron chi connectivity index (χ2n) is 7.14. The maximum absolute atomic E-state index is 12.6. The van der Waals surface area contributed by atoms with Gasteiger partial charge < -0.3 is 9.64 Å². The number of nitrogens with one attached hydrogen (secondary N) is 1. The maximum Gasteiger partial charge on any atom is 0.329 e. The summed E-state index contributed by atoms with van der Waals surface area (Å²) in [6.45, 7) is 5.56. The number of rotatable bonds is 3. The number of para-hydroxylation sites is 2. The minimum absolute atomic E-state index is 0.0587.